The third-order valence-electron chi connectivity index (χ3n) is 4.39. The minimum absolute atomic E-state index is 0.00683. The zero-order valence-electron chi connectivity index (χ0n) is 16.2. The van der Waals surface area contributed by atoms with Gasteiger partial charge in [0.25, 0.3) is 17.7 Å². The van der Waals surface area contributed by atoms with E-state index in [1.807, 2.05) is 0 Å². The van der Waals surface area contributed by atoms with Crippen molar-refractivity contribution in [3.05, 3.63) is 22.3 Å². The molecule has 7 N–H and O–H groups in total. The molecule has 2 aliphatic heterocycles. The Bertz CT molecular complexity index is 991. The van der Waals surface area contributed by atoms with Crippen molar-refractivity contribution < 1.29 is 29.1 Å². The SMILES string of the molecule is CNC(=O)CO/N=C(\C(=O)NC1C(=O)N2C(C(=O)O)=C(CN)CS[C@@H]12)c1csc(N)n1. The van der Waals surface area contributed by atoms with Crippen LogP contribution >= 0.6 is 23.1 Å². The van der Waals surface area contributed by atoms with Crippen LogP contribution in [0.2, 0.25) is 0 Å². The van der Waals surface area contributed by atoms with Crippen molar-refractivity contribution in [2.45, 2.75) is 11.4 Å². The van der Waals surface area contributed by atoms with Crippen LogP contribution in [0.1, 0.15) is 5.69 Å². The molecule has 15 heteroatoms. The smallest absolute Gasteiger partial charge is 0.352 e. The van der Waals surface area contributed by atoms with Crippen molar-refractivity contribution in [1.29, 1.82) is 0 Å². The second-order valence-electron chi connectivity index (χ2n) is 6.28. The number of β-lactam (4-membered cyclic amide) rings is 1. The van der Waals surface area contributed by atoms with Gasteiger partial charge in [-0.25, -0.2) is 9.78 Å². The van der Waals surface area contributed by atoms with Gasteiger partial charge in [0.1, 0.15) is 22.8 Å². The number of hydrogen-bond donors (Lipinski definition) is 5. The van der Waals surface area contributed by atoms with Crippen molar-refractivity contribution in [1.82, 2.24) is 20.5 Å². The Morgan fingerprint density at radius 2 is 2.19 bits per heavy atom. The number of oxime groups is 1. The number of likely N-dealkylation sites (N-methyl/N-ethyl adjacent to an activating group) is 1. The average molecular weight is 470 g/mol. The Labute approximate surface area is 183 Å². The molecule has 0 saturated carbocycles. The molecule has 1 aromatic heterocycles. The number of nitrogens with one attached hydrogen (secondary N) is 2. The zero-order valence-corrected chi connectivity index (χ0v) is 17.8. The number of carboxylic acids is 1. The van der Waals surface area contributed by atoms with Gasteiger partial charge in [-0.15, -0.1) is 23.1 Å². The number of fused-ring (bicyclic) bond motifs is 1. The van der Waals surface area contributed by atoms with E-state index in [2.05, 4.69) is 20.8 Å². The number of aliphatic carboxylic acids is 1. The maximum atomic E-state index is 12.8. The highest BCUT2D eigenvalue weighted by atomic mass is 32.2. The topological polar surface area (TPSA) is 202 Å². The van der Waals surface area contributed by atoms with E-state index in [1.165, 1.54) is 24.2 Å². The number of rotatable bonds is 8. The molecule has 0 aromatic carbocycles. The van der Waals surface area contributed by atoms with Gasteiger partial charge < -0.3 is 32.0 Å². The summed E-state index contributed by atoms with van der Waals surface area (Å²) in [4.78, 5) is 58.4. The number of aromatic nitrogens is 1. The maximum absolute atomic E-state index is 12.8. The monoisotopic (exact) mass is 469 g/mol. The average Bonchev–Trinajstić information content (AvgIpc) is 3.18. The Hall–Kier alpha value is -3.17. The molecule has 0 radical (unpaired) electrons. The Balaban J connectivity index is 1.78. The molecule has 3 heterocycles. The lowest BCUT2D eigenvalue weighted by Gasteiger charge is -2.49. The van der Waals surface area contributed by atoms with Crippen molar-refractivity contribution >= 4 is 57.6 Å². The molecule has 1 saturated heterocycles. The molecule has 2 aliphatic rings. The van der Waals surface area contributed by atoms with Gasteiger partial charge in [-0.05, 0) is 5.57 Å². The maximum Gasteiger partial charge on any atom is 0.352 e. The van der Waals surface area contributed by atoms with Gasteiger partial charge in [-0.1, -0.05) is 5.16 Å². The molecule has 1 aromatic rings. The van der Waals surface area contributed by atoms with Crippen LogP contribution in [0.5, 0.6) is 0 Å². The fourth-order valence-corrected chi connectivity index (χ4v) is 4.79. The molecule has 2 atom stereocenters. The van der Waals surface area contributed by atoms with Crippen LogP contribution in [0.3, 0.4) is 0 Å². The Kier molecular flexibility index (Phi) is 6.77. The summed E-state index contributed by atoms with van der Waals surface area (Å²) in [6, 6.07) is -0.980. The van der Waals surface area contributed by atoms with E-state index in [0.29, 0.717) is 11.3 Å². The van der Waals surface area contributed by atoms with Gasteiger partial charge >= 0.3 is 5.97 Å². The summed E-state index contributed by atoms with van der Waals surface area (Å²) >= 11 is 2.36. The first-order valence-electron chi connectivity index (χ1n) is 8.81. The summed E-state index contributed by atoms with van der Waals surface area (Å²) in [6.07, 6.45) is 0. The molecule has 1 unspecified atom stereocenters. The van der Waals surface area contributed by atoms with Gasteiger partial charge in [0, 0.05) is 24.7 Å². The van der Waals surface area contributed by atoms with Crippen LogP contribution in [0.4, 0.5) is 5.13 Å². The normalized spacial score (nSPS) is 20.6. The summed E-state index contributed by atoms with van der Waals surface area (Å²) in [5.74, 6) is -2.78. The number of hydrogen-bond acceptors (Lipinski definition) is 11. The van der Waals surface area contributed by atoms with E-state index in [-0.39, 0.29) is 28.8 Å². The highest BCUT2D eigenvalue weighted by Gasteiger charge is 2.54. The fraction of sp³-hybridized carbons (Fsp3) is 0.375. The van der Waals surface area contributed by atoms with Crippen molar-refractivity contribution in [2.24, 2.45) is 10.9 Å². The highest BCUT2D eigenvalue weighted by molar-refractivity contribution is 8.00. The van der Waals surface area contributed by atoms with E-state index in [9.17, 15) is 24.3 Å². The summed E-state index contributed by atoms with van der Waals surface area (Å²) < 4.78 is 0. The number of nitrogens with two attached hydrogens (primary N) is 2. The number of carbonyl (C=O) groups excluding carboxylic acids is 3. The van der Waals surface area contributed by atoms with Crippen LogP contribution in [-0.4, -0.2) is 81.8 Å². The molecule has 13 nitrogen and oxygen atoms in total. The summed E-state index contributed by atoms with van der Waals surface area (Å²) in [7, 11) is 1.41. The minimum atomic E-state index is -1.26. The predicted octanol–water partition coefficient (Wildman–Crippen LogP) is -2.11. The number of nitrogen functional groups attached to an aromatic ring is 1. The molecule has 3 rings (SSSR count). The molecule has 3 amide bonds. The number of thioether (sulfide) groups is 1. The van der Waals surface area contributed by atoms with Crippen molar-refractivity contribution in [3.63, 3.8) is 0 Å². The number of carboxylic acid groups (broad SMARTS) is 1. The van der Waals surface area contributed by atoms with E-state index in [4.69, 9.17) is 16.3 Å². The molecular weight excluding hydrogens is 450 g/mol. The second-order valence-corrected chi connectivity index (χ2v) is 8.27. The molecular formula is C16H19N7O6S2. The quantitative estimate of drug-likeness (QED) is 0.159. The van der Waals surface area contributed by atoms with Crippen LogP contribution < -0.4 is 22.1 Å². The lowest BCUT2D eigenvalue weighted by atomic mass is 10.0. The number of thiazole rings is 1. The minimum Gasteiger partial charge on any atom is -0.477 e. The van der Waals surface area contributed by atoms with Gasteiger partial charge in [-0.2, -0.15) is 0 Å². The van der Waals surface area contributed by atoms with Gasteiger partial charge in [0.15, 0.2) is 17.5 Å². The molecule has 0 bridgehead atoms. The molecule has 166 valence electrons. The Morgan fingerprint density at radius 1 is 1.45 bits per heavy atom. The summed E-state index contributed by atoms with van der Waals surface area (Å²) in [6.45, 7) is -0.428. The number of amides is 3. The van der Waals surface area contributed by atoms with E-state index in [0.717, 1.165) is 16.2 Å². The third kappa shape index (κ3) is 4.47. The van der Waals surface area contributed by atoms with Crippen LogP contribution in [0.25, 0.3) is 0 Å². The Morgan fingerprint density at radius 3 is 2.77 bits per heavy atom. The molecule has 0 spiro atoms. The van der Waals surface area contributed by atoms with Crippen molar-refractivity contribution in [3.8, 4) is 0 Å². The van der Waals surface area contributed by atoms with Gasteiger partial charge in [0.05, 0.1) is 0 Å². The third-order valence-corrected chi connectivity index (χ3v) is 6.41. The van der Waals surface area contributed by atoms with Crippen LogP contribution in [0, 0.1) is 0 Å². The summed E-state index contributed by atoms with van der Waals surface area (Å²) in [5, 5.41) is 19.1. The van der Waals surface area contributed by atoms with Crippen molar-refractivity contribution in [2.75, 3.05) is 31.7 Å². The molecule has 31 heavy (non-hydrogen) atoms. The number of anilines is 1. The van der Waals surface area contributed by atoms with Crippen LogP contribution in [-0.2, 0) is 24.0 Å². The zero-order chi connectivity index (χ0) is 22.7. The van der Waals surface area contributed by atoms with Crippen LogP contribution in [0.15, 0.2) is 21.8 Å². The van der Waals surface area contributed by atoms with E-state index >= 15 is 0 Å². The highest BCUT2D eigenvalue weighted by Crippen LogP contribution is 2.40. The molecule has 0 aliphatic carbocycles. The first-order chi connectivity index (χ1) is 14.8. The van der Waals surface area contributed by atoms with Gasteiger partial charge in [0.2, 0.25) is 0 Å². The lowest BCUT2D eigenvalue weighted by Crippen LogP contribution is -2.71. The second kappa shape index (κ2) is 9.32. The number of nitrogens with zero attached hydrogens (tertiary/aromatic N) is 3. The summed E-state index contributed by atoms with van der Waals surface area (Å²) in [5.41, 5.74) is 11.3. The first-order valence-corrected chi connectivity index (χ1v) is 10.7. The largest absolute Gasteiger partial charge is 0.477 e. The van der Waals surface area contributed by atoms with Gasteiger partial charge in [-0.3, -0.25) is 19.3 Å². The lowest BCUT2D eigenvalue weighted by molar-refractivity contribution is -0.150. The fourth-order valence-electron chi connectivity index (χ4n) is 2.88. The first kappa shape index (κ1) is 22.5. The van der Waals surface area contributed by atoms with E-state index in [1.54, 1.807) is 0 Å². The number of carbonyl (C=O) groups is 4. The predicted molar refractivity (Wildman–Crippen MR) is 112 cm³/mol. The standard InChI is InChI=1S/C16H19N7O6S2/c1-19-8(24)3-29-22-9(7-5-31-16(18)20-7)12(25)21-10-13(26)23-11(15(27)28)6(2-17)4-30-14(10)23/h5,10,14H,2-4,17H2,1H3,(H2,18,20)(H,19,24)(H,21,25)(H,27,28)/b22-9-/t10?,14-/m0/s1. The van der Waals surface area contributed by atoms with E-state index < -0.39 is 41.7 Å². The molecule has 1 fully saturated rings.